The molecule has 4 rings (SSSR count). The first kappa shape index (κ1) is 22.3. The van der Waals surface area contributed by atoms with Crippen molar-refractivity contribution in [1.82, 2.24) is 19.6 Å². The minimum absolute atomic E-state index is 0.00860. The molecule has 2 aliphatic heterocycles. The number of amides is 2. The Morgan fingerprint density at radius 1 is 0.750 bits per heavy atom. The molecular weight excluding hydrogens is 404 g/mol. The zero-order chi connectivity index (χ0) is 22.3. The monoisotopic (exact) mass is 436 g/mol. The predicted molar refractivity (Wildman–Crippen MR) is 124 cm³/mol. The second-order valence-corrected chi connectivity index (χ2v) is 8.44. The molecule has 0 bridgehead atoms. The number of carbonyl (C=O) groups is 2. The number of methoxy groups -OCH3 is 1. The molecule has 2 saturated heterocycles. The Labute approximate surface area is 190 Å². The number of piperazine rings is 2. The van der Waals surface area contributed by atoms with Crippen molar-refractivity contribution in [2.24, 2.45) is 0 Å². The average molecular weight is 437 g/mol. The van der Waals surface area contributed by atoms with Crippen LogP contribution in [0.25, 0.3) is 0 Å². The van der Waals surface area contributed by atoms with Crippen LogP contribution in [0.3, 0.4) is 0 Å². The van der Waals surface area contributed by atoms with E-state index < -0.39 is 0 Å². The first-order chi connectivity index (χ1) is 15.6. The second kappa shape index (κ2) is 10.6. The van der Waals surface area contributed by atoms with Crippen LogP contribution in [0.15, 0.2) is 54.6 Å². The Balaban J connectivity index is 1.19. The quantitative estimate of drug-likeness (QED) is 0.691. The number of rotatable bonds is 6. The summed E-state index contributed by atoms with van der Waals surface area (Å²) >= 11 is 0. The van der Waals surface area contributed by atoms with Gasteiger partial charge < -0.3 is 14.5 Å². The fraction of sp³-hybridized carbons (Fsp3) is 0.440. The number of benzene rings is 2. The number of hydrogen-bond donors (Lipinski definition) is 0. The molecule has 7 heteroatoms. The van der Waals surface area contributed by atoms with Crippen LogP contribution in [0, 0.1) is 0 Å². The largest absolute Gasteiger partial charge is 0.497 e. The molecule has 2 heterocycles. The third-order valence-electron chi connectivity index (χ3n) is 6.33. The smallest absolute Gasteiger partial charge is 0.253 e. The minimum atomic E-state index is 0.00860. The van der Waals surface area contributed by atoms with Gasteiger partial charge in [0.25, 0.3) is 5.91 Å². The minimum Gasteiger partial charge on any atom is -0.497 e. The van der Waals surface area contributed by atoms with Gasteiger partial charge in [0.2, 0.25) is 5.91 Å². The van der Waals surface area contributed by atoms with Gasteiger partial charge in [-0.25, -0.2) is 0 Å². The van der Waals surface area contributed by atoms with Crippen LogP contribution in [0.2, 0.25) is 0 Å². The van der Waals surface area contributed by atoms with Gasteiger partial charge in [-0.2, -0.15) is 0 Å². The van der Waals surface area contributed by atoms with E-state index in [2.05, 4.69) is 34.1 Å². The molecule has 2 aromatic rings. The molecule has 170 valence electrons. The summed E-state index contributed by atoms with van der Waals surface area (Å²) in [4.78, 5) is 33.9. The van der Waals surface area contributed by atoms with Crippen LogP contribution in [-0.2, 0) is 11.3 Å². The van der Waals surface area contributed by atoms with Gasteiger partial charge in [0, 0.05) is 64.5 Å². The van der Waals surface area contributed by atoms with Crippen LogP contribution in [0.5, 0.6) is 5.75 Å². The molecule has 2 fully saturated rings. The highest BCUT2D eigenvalue weighted by molar-refractivity contribution is 5.94. The summed E-state index contributed by atoms with van der Waals surface area (Å²) in [6.07, 6.45) is 0. The molecule has 0 N–H and O–H groups in total. The molecule has 0 aromatic heterocycles. The Morgan fingerprint density at radius 3 is 1.97 bits per heavy atom. The topological polar surface area (TPSA) is 56.3 Å². The third kappa shape index (κ3) is 5.66. The van der Waals surface area contributed by atoms with Gasteiger partial charge in [0.05, 0.1) is 13.7 Å². The molecular formula is C25H32N4O3. The molecule has 0 unspecified atom stereocenters. The van der Waals surface area contributed by atoms with Gasteiger partial charge in [0.15, 0.2) is 0 Å². The number of ether oxygens (including phenoxy) is 1. The lowest BCUT2D eigenvalue weighted by Gasteiger charge is -2.38. The lowest BCUT2D eigenvalue weighted by molar-refractivity contribution is -0.134. The molecule has 7 nitrogen and oxygen atoms in total. The van der Waals surface area contributed by atoms with E-state index in [0.717, 1.165) is 38.5 Å². The Morgan fingerprint density at radius 2 is 1.34 bits per heavy atom. The van der Waals surface area contributed by atoms with Crippen molar-refractivity contribution in [2.75, 3.05) is 66.0 Å². The van der Waals surface area contributed by atoms with Gasteiger partial charge in [-0.1, -0.05) is 30.3 Å². The van der Waals surface area contributed by atoms with Crippen molar-refractivity contribution in [3.8, 4) is 5.75 Å². The molecule has 0 aliphatic carbocycles. The molecule has 0 radical (unpaired) electrons. The summed E-state index contributed by atoms with van der Waals surface area (Å²) in [6, 6.07) is 17.7. The first-order valence-electron chi connectivity index (χ1n) is 11.3. The van der Waals surface area contributed by atoms with E-state index in [1.807, 2.05) is 15.9 Å². The molecule has 2 aromatic carbocycles. The standard InChI is InChI=1S/C25H32N4O3/c1-32-23-9-7-22(8-10-23)25(31)29-17-15-28(16-18-29)24(30)20-27-13-11-26(12-14-27)19-21-5-3-2-4-6-21/h2-10H,11-20H2,1H3. The Kier molecular flexibility index (Phi) is 7.39. The zero-order valence-corrected chi connectivity index (χ0v) is 18.8. The van der Waals surface area contributed by atoms with E-state index in [0.29, 0.717) is 38.3 Å². The van der Waals surface area contributed by atoms with E-state index in [9.17, 15) is 9.59 Å². The Bertz CT molecular complexity index is 887. The van der Waals surface area contributed by atoms with Crippen LogP contribution >= 0.6 is 0 Å². The summed E-state index contributed by atoms with van der Waals surface area (Å²) in [5.74, 6) is 0.908. The van der Waals surface area contributed by atoms with Gasteiger partial charge in [0.1, 0.15) is 5.75 Å². The van der Waals surface area contributed by atoms with E-state index in [1.165, 1.54) is 5.56 Å². The fourth-order valence-corrected chi connectivity index (χ4v) is 4.31. The van der Waals surface area contributed by atoms with E-state index in [4.69, 9.17) is 4.74 Å². The molecule has 0 spiro atoms. The normalized spacial score (nSPS) is 17.9. The van der Waals surface area contributed by atoms with Gasteiger partial charge in [-0.05, 0) is 29.8 Å². The summed E-state index contributed by atoms with van der Waals surface area (Å²) in [5.41, 5.74) is 1.98. The first-order valence-corrected chi connectivity index (χ1v) is 11.3. The summed E-state index contributed by atoms with van der Waals surface area (Å²) in [6.45, 7) is 7.53. The Hall–Kier alpha value is -2.90. The highest BCUT2D eigenvalue weighted by atomic mass is 16.5. The molecule has 2 aliphatic rings. The number of hydrogen-bond acceptors (Lipinski definition) is 5. The van der Waals surface area contributed by atoms with Crippen molar-refractivity contribution >= 4 is 11.8 Å². The van der Waals surface area contributed by atoms with Crippen LogP contribution < -0.4 is 4.74 Å². The molecule has 2 amide bonds. The van der Waals surface area contributed by atoms with Crippen molar-refractivity contribution in [1.29, 1.82) is 0 Å². The maximum atomic E-state index is 12.8. The van der Waals surface area contributed by atoms with Crippen LogP contribution in [-0.4, -0.2) is 97.4 Å². The fourth-order valence-electron chi connectivity index (χ4n) is 4.31. The summed E-state index contributed by atoms with van der Waals surface area (Å²) < 4.78 is 5.15. The predicted octanol–water partition coefficient (Wildman–Crippen LogP) is 1.80. The van der Waals surface area contributed by atoms with Gasteiger partial charge >= 0.3 is 0 Å². The van der Waals surface area contributed by atoms with Gasteiger partial charge in [-0.3, -0.25) is 19.4 Å². The maximum Gasteiger partial charge on any atom is 0.253 e. The lowest BCUT2D eigenvalue weighted by atomic mass is 10.1. The van der Waals surface area contributed by atoms with Crippen LogP contribution in [0.4, 0.5) is 0 Å². The van der Waals surface area contributed by atoms with E-state index in [-0.39, 0.29) is 11.8 Å². The maximum absolute atomic E-state index is 12.8. The van der Waals surface area contributed by atoms with Crippen molar-refractivity contribution in [3.63, 3.8) is 0 Å². The lowest BCUT2D eigenvalue weighted by Crippen LogP contribution is -2.54. The van der Waals surface area contributed by atoms with E-state index in [1.54, 1.807) is 31.4 Å². The SMILES string of the molecule is COc1ccc(C(=O)N2CCN(C(=O)CN3CCN(Cc4ccccc4)CC3)CC2)cc1. The summed E-state index contributed by atoms with van der Waals surface area (Å²) in [5, 5.41) is 0. The van der Waals surface area contributed by atoms with Crippen LogP contribution in [0.1, 0.15) is 15.9 Å². The zero-order valence-electron chi connectivity index (χ0n) is 18.8. The molecule has 0 atom stereocenters. The second-order valence-electron chi connectivity index (χ2n) is 8.44. The summed E-state index contributed by atoms with van der Waals surface area (Å²) in [7, 11) is 1.61. The number of carbonyl (C=O) groups excluding carboxylic acids is 2. The molecule has 0 saturated carbocycles. The third-order valence-corrected chi connectivity index (χ3v) is 6.33. The van der Waals surface area contributed by atoms with E-state index >= 15 is 0 Å². The van der Waals surface area contributed by atoms with Gasteiger partial charge in [-0.15, -0.1) is 0 Å². The van der Waals surface area contributed by atoms with Crippen molar-refractivity contribution in [3.05, 3.63) is 65.7 Å². The molecule has 32 heavy (non-hydrogen) atoms. The highest BCUT2D eigenvalue weighted by Crippen LogP contribution is 2.15. The average Bonchev–Trinajstić information content (AvgIpc) is 2.85. The number of nitrogens with zero attached hydrogens (tertiary/aromatic N) is 4. The van der Waals surface area contributed by atoms with Crippen molar-refractivity contribution in [2.45, 2.75) is 6.54 Å². The van der Waals surface area contributed by atoms with Crippen molar-refractivity contribution < 1.29 is 14.3 Å². The highest BCUT2D eigenvalue weighted by Gasteiger charge is 2.27.